The minimum atomic E-state index is -3.57. The Balaban J connectivity index is 1.66. The second kappa shape index (κ2) is 9.17. The first kappa shape index (κ1) is 22.7. The molecule has 9 heteroatoms. The first-order valence-corrected chi connectivity index (χ1v) is 13.0. The Labute approximate surface area is 192 Å². The topological polar surface area (TPSA) is 81.0 Å². The minimum Gasteiger partial charge on any atom is -0.495 e. The number of nitrogens with zero attached hydrogens (tertiary/aromatic N) is 3. The molecule has 1 aliphatic heterocycles. The van der Waals surface area contributed by atoms with Crippen LogP contribution < -0.4 is 9.54 Å². The fraction of sp³-hybridized carbons (Fsp3) is 0.391. The van der Waals surface area contributed by atoms with E-state index in [2.05, 4.69) is 4.99 Å². The van der Waals surface area contributed by atoms with Crippen molar-refractivity contribution in [3.05, 3.63) is 52.8 Å². The van der Waals surface area contributed by atoms with Crippen molar-refractivity contribution in [2.75, 3.05) is 13.7 Å². The summed E-state index contributed by atoms with van der Waals surface area (Å²) in [6.07, 6.45) is 2.78. The van der Waals surface area contributed by atoms with Crippen molar-refractivity contribution in [1.29, 1.82) is 0 Å². The van der Waals surface area contributed by atoms with E-state index in [1.54, 1.807) is 11.4 Å². The van der Waals surface area contributed by atoms with Gasteiger partial charge in [-0.2, -0.15) is 9.30 Å². The lowest BCUT2D eigenvalue weighted by Gasteiger charge is -2.32. The smallest absolute Gasteiger partial charge is 0.279 e. The molecule has 1 amide bonds. The van der Waals surface area contributed by atoms with Crippen LogP contribution in [-0.4, -0.2) is 42.9 Å². The summed E-state index contributed by atoms with van der Waals surface area (Å²) in [6.45, 7) is 5.10. The number of rotatable bonds is 5. The molecule has 170 valence electrons. The Bertz CT molecular complexity index is 1310. The van der Waals surface area contributed by atoms with Crippen LogP contribution in [0.25, 0.3) is 10.2 Å². The fourth-order valence-electron chi connectivity index (χ4n) is 4.13. The van der Waals surface area contributed by atoms with Gasteiger partial charge in [-0.1, -0.05) is 23.8 Å². The molecule has 1 saturated heterocycles. The molecule has 1 atom stereocenters. The van der Waals surface area contributed by atoms with Gasteiger partial charge in [0.1, 0.15) is 11.3 Å². The summed E-state index contributed by atoms with van der Waals surface area (Å²) in [5, 5.41) is 0. The Hall–Kier alpha value is -2.49. The van der Waals surface area contributed by atoms with Crippen LogP contribution in [0, 0.1) is 0 Å². The molecular formula is C23H27N3O4S2. The molecule has 1 aromatic heterocycles. The molecule has 3 aromatic rings. The van der Waals surface area contributed by atoms with E-state index in [1.165, 1.54) is 35.6 Å². The number of carbonyl (C=O) groups excluding carboxylic acids is 1. The molecule has 0 radical (unpaired) electrons. The van der Waals surface area contributed by atoms with Gasteiger partial charge < -0.3 is 9.30 Å². The maximum absolute atomic E-state index is 13.0. The van der Waals surface area contributed by atoms with Crippen molar-refractivity contribution < 1.29 is 17.9 Å². The second-order valence-corrected chi connectivity index (χ2v) is 10.7. The first-order valence-electron chi connectivity index (χ1n) is 10.7. The van der Waals surface area contributed by atoms with E-state index in [1.807, 2.05) is 36.6 Å². The van der Waals surface area contributed by atoms with Gasteiger partial charge in [0.05, 0.1) is 16.7 Å². The molecule has 0 N–H and O–H groups in total. The molecular weight excluding hydrogens is 446 g/mol. The number of piperidine rings is 1. The number of amides is 1. The van der Waals surface area contributed by atoms with Crippen molar-refractivity contribution in [3.8, 4) is 5.75 Å². The average Bonchev–Trinajstić information content (AvgIpc) is 3.16. The number of benzene rings is 2. The molecule has 0 aliphatic carbocycles. The lowest BCUT2D eigenvalue weighted by atomic mass is 10.1. The maximum Gasteiger partial charge on any atom is 0.279 e. The molecule has 0 unspecified atom stereocenters. The lowest BCUT2D eigenvalue weighted by molar-refractivity contribution is 0.0997. The van der Waals surface area contributed by atoms with Gasteiger partial charge in [0.25, 0.3) is 5.91 Å². The molecule has 2 aromatic carbocycles. The van der Waals surface area contributed by atoms with E-state index in [4.69, 9.17) is 4.74 Å². The fourth-order valence-corrected chi connectivity index (χ4v) is 6.94. The summed E-state index contributed by atoms with van der Waals surface area (Å²) >= 11 is 1.42. The first-order chi connectivity index (χ1) is 15.4. The van der Waals surface area contributed by atoms with Crippen molar-refractivity contribution in [2.24, 2.45) is 4.99 Å². The number of thiazole rings is 1. The Morgan fingerprint density at radius 3 is 2.59 bits per heavy atom. The van der Waals surface area contributed by atoms with Crippen molar-refractivity contribution in [3.63, 3.8) is 0 Å². The summed E-state index contributed by atoms with van der Waals surface area (Å²) in [5.41, 5.74) is 1.26. The van der Waals surface area contributed by atoms with Crippen LogP contribution in [0.15, 0.2) is 52.4 Å². The SMILES string of the molecule is CCn1c(=NC(=O)c2ccc(S(=O)(=O)N3CCCC[C@H]3C)cc2)sc2cccc(OC)c21. The van der Waals surface area contributed by atoms with Gasteiger partial charge in [-0.25, -0.2) is 8.42 Å². The molecule has 0 bridgehead atoms. The highest BCUT2D eigenvalue weighted by atomic mass is 32.2. The van der Waals surface area contributed by atoms with Crippen LogP contribution in [0.4, 0.5) is 0 Å². The Morgan fingerprint density at radius 1 is 1.19 bits per heavy atom. The van der Waals surface area contributed by atoms with E-state index in [0.717, 1.165) is 35.2 Å². The third-order valence-corrected chi connectivity index (χ3v) is 8.92. The number of methoxy groups -OCH3 is 1. The summed E-state index contributed by atoms with van der Waals surface area (Å²) < 4.78 is 36.0. The number of carbonyl (C=O) groups is 1. The van der Waals surface area contributed by atoms with E-state index < -0.39 is 15.9 Å². The normalized spacial score (nSPS) is 18.2. The van der Waals surface area contributed by atoms with Gasteiger partial charge in [0, 0.05) is 24.7 Å². The second-order valence-electron chi connectivity index (χ2n) is 7.84. The van der Waals surface area contributed by atoms with Crippen LogP contribution in [0.3, 0.4) is 0 Å². The lowest BCUT2D eigenvalue weighted by Crippen LogP contribution is -2.41. The average molecular weight is 474 g/mol. The van der Waals surface area contributed by atoms with E-state index in [0.29, 0.717) is 23.5 Å². The highest BCUT2D eigenvalue weighted by molar-refractivity contribution is 7.89. The third-order valence-electron chi connectivity index (χ3n) is 5.85. The van der Waals surface area contributed by atoms with Gasteiger partial charge in [-0.05, 0) is 63.1 Å². The molecule has 0 saturated carbocycles. The minimum absolute atomic E-state index is 0.0144. The van der Waals surface area contributed by atoms with E-state index >= 15 is 0 Å². The zero-order chi connectivity index (χ0) is 22.9. The number of ether oxygens (including phenoxy) is 1. The summed E-state index contributed by atoms with van der Waals surface area (Å²) in [4.78, 5) is 18.0. The number of aromatic nitrogens is 1. The number of fused-ring (bicyclic) bond motifs is 1. The molecule has 2 heterocycles. The largest absolute Gasteiger partial charge is 0.495 e. The van der Waals surface area contributed by atoms with E-state index in [-0.39, 0.29) is 10.9 Å². The summed E-state index contributed by atoms with van der Waals surface area (Å²) in [6, 6.07) is 11.8. The van der Waals surface area contributed by atoms with Gasteiger partial charge in [-0.3, -0.25) is 4.79 Å². The molecule has 0 spiro atoms. The van der Waals surface area contributed by atoms with Crippen molar-refractivity contribution >= 4 is 37.5 Å². The molecule has 4 rings (SSSR count). The van der Waals surface area contributed by atoms with Crippen LogP contribution >= 0.6 is 11.3 Å². The quantitative estimate of drug-likeness (QED) is 0.560. The van der Waals surface area contributed by atoms with Crippen LogP contribution in [0.5, 0.6) is 5.75 Å². The summed E-state index contributed by atoms with van der Waals surface area (Å²) in [5.74, 6) is 0.323. The Kier molecular flexibility index (Phi) is 6.50. The van der Waals surface area contributed by atoms with Crippen LogP contribution in [0.2, 0.25) is 0 Å². The van der Waals surface area contributed by atoms with Crippen LogP contribution in [-0.2, 0) is 16.6 Å². The standard InChI is InChI=1S/C23H27N3O4S2/c1-4-25-21-19(30-3)9-7-10-20(21)31-23(25)24-22(27)17-11-13-18(14-12-17)32(28,29)26-15-6-5-8-16(26)2/h7,9-14,16H,4-6,8,15H2,1-3H3/t16-/m1/s1. The Morgan fingerprint density at radius 2 is 1.94 bits per heavy atom. The maximum atomic E-state index is 13.0. The summed E-state index contributed by atoms with van der Waals surface area (Å²) in [7, 11) is -1.95. The molecule has 1 fully saturated rings. The highest BCUT2D eigenvalue weighted by Crippen LogP contribution is 2.28. The predicted molar refractivity (Wildman–Crippen MR) is 126 cm³/mol. The third kappa shape index (κ3) is 4.12. The van der Waals surface area contributed by atoms with Gasteiger partial charge in [0.2, 0.25) is 10.0 Å². The number of aryl methyl sites for hydroxylation is 1. The predicted octanol–water partition coefficient (Wildman–Crippen LogP) is 4.04. The molecule has 7 nitrogen and oxygen atoms in total. The number of hydrogen-bond acceptors (Lipinski definition) is 5. The number of sulfonamides is 1. The monoisotopic (exact) mass is 473 g/mol. The molecule has 1 aliphatic rings. The number of para-hydroxylation sites is 1. The van der Waals surface area contributed by atoms with E-state index in [9.17, 15) is 13.2 Å². The van der Waals surface area contributed by atoms with Crippen molar-refractivity contribution in [2.45, 2.75) is 50.6 Å². The van der Waals surface area contributed by atoms with Crippen LogP contribution in [0.1, 0.15) is 43.5 Å². The highest BCUT2D eigenvalue weighted by Gasteiger charge is 2.30. The molecule has 32 heavy (non-hydrogen) atoms. The van der Waals surface area contributed by atoms with Gasteiger partial charge in [-0.15, -0.1) is 0 Å². The zero-order valence-corrected chi connectivity index (χ0v) is 20.1. The number of hydrogen-bond donors (Lipinski definition) is 0. The van der Waals surface area contributed by atoms with Crippen molar-refractivity contribution in [1.82, 2.24) is 8.87 Å². The van der Waals surface area contributed by atoms with Gasteiger partial charge >= 0.3 is 0 Å². The zero-order valence-electron chi connectivity index (χ0n) is 18.4. The van der Waals surface area contributed by atoms with Gasteiger partial charge in [0.15, 0.2) is 4.80 Å².